The van der Waals surface area contributed by atoms with E-state index in [9.17, 15) is 18.4 Å². The lowest BCUT2D eigenvalue weighted by atomic mass is 10.1. The second-order valence-electron chi connectivity index (χ2n) is 7.55. The summed E-state index contributed by atoms with van der Waals surface area (Å²) in [5.74, 6) is -3.29. The van der Waals surface area contributed by atoms with Gasteiger partial charge in [0.1, 0.15) is 17.2 Å². The number of halogens is 3. The number of hydroxylamine groups is 1. The van der Waals surface area contributed by atoms with Gasteiger partial charge in [0.15, 0.2) is 0 Å². The summed E-state index contributed by atoms with van der Waals surface area (Å²) >= 11 is 6.30. The van der Waals surface area contributed by atoms with E-state index in [-0.39, 0.29) is 6.61 Å². The van der Waals surface area contributed by atoms with Crippen molar-refractivity contribution in [1.82, 2.24) is 10.8 Å². The molecule has 0 atom stereocenters. The van der Waals surface area contributed by atoms with Gasteiger partial charge in [-0.05, 0) is 54.3 Å². The summed E-state index contributed by atoms with van der Waals surface area (Å²) in [6.45, 7) is 0.249. The third kappa shape index (κ3) is 5.78. The number of anilines is 1. The Labute approximate surface area is 199 Å². The van der Waals surface area contributed by atoms with Crippen molar-refractivity contribution in [3.63, 3.8) is 0 Å². The molecule has 3 N–H and O–H groups in total. The molecule has 0 saturated heterocycles. The van der Waals surface area contributed by atoms with Gasteiger partial charge in [-0.3, -0.25) is 20.4 Å². The molecule has 1 fully saturated rings. The van der Waals surface area contributed by atoms with Gasteiger partial charge in [-0.2, -0.15) is 0 Å². The molecule has 1 saturated carbocycles. The van der Waals surface area contributed by atoms with Crippen LogP contribution in [0, 0.1) is 11.6 Å². The number of carbonyl (C=O) groups excluding carboxylic acids is 2. The number of rotatable bonds is 7. The average molecular weight is 484 g/mol. The minimum Gasteiger partial charge on any atom is -0.308 e. The van der Waals surface area contributed by atoms with Crippen LogP contribution in [-0.4, -0.2) is 11.9 Å². The predicted octanol–water partition coefficient (Wildman–Crippen LogP) is 5.81. The van der Waals surface area contributed by atoms with Crippen molar-refractivity contribution in [3.8, 4) is 0 Å². The Bertz CT molecular complexity index is 1240. The number of imide groups is 1. The van der Waals surface area contributed by atoms with Crippen molar-refractivity contribution in [2.75, 3.05) is 5.32 Å². The molecule has 6 nitrogen and oxygen atoms in total. The maximum Gasteiger partial charge on any atom is 0.326 e. The van der Waals surface area contributed by atoms with Crippen molar-refractivity contribution >= 4 is 34.9 Å². The van der Waals surface area contributed by atoms with E-state index in [1.54, 1.807) is 24.3 Å². The summed E-state index contributed by atoms with van der Waals surface area (Å²) in [7, 11) is 0. The Morgan fingerprint density at radius 1 is 0.912 bits per heavy atom. The predicted molar refractivity (Wildman–Crippen MR) is 125 cm³/mol. The molecule has 0 radical (unpaired) electrons. The van der Waals surface area contributed by atoms with Crippen molar-refractivity contribution in [2.24, 2.45) is 0 Å². The average Bonchev–Trinajstić information content (AvgIpc) is 3.64. The molecule has 0 heterocycles. The number of hydrogen-bond acceptors (Lipinski definition) is 4. The second-order valence-corrected chi connectivity index (χ2v) is 7.96. The van der Waals surface area contributed by atoms with Gasteiger partial charge in [0, 0.05) is 16.3 Å². The first-order valence-electron chi connectivity index (χ1n) is 10.4. The van der Waals surface area contributed by atoms with Crippen molar-refractivity contribution in [3.05, 3.63) is 106 Å². The van der Waals surface area contributed by atoms with E-state index < -0.39 is 29.1 Å². The number of amides is 3. The summed E-state index contributed by atoms with van der Waals surface area (Å²) in [4.78, 5) is 29.7. The number of urea groups is 1. The molecule has 4 rings (SSSR count). The molecule has 3 aromatic rings. The fourth-order valence-corrected chi connectivity index (χ4v) is 3.44. The molecular weight excluding hydrogens is 464 g/mol. The zero-order valence-electron chi connectivity index (χ0n) is 17.8. The Balaban J connectivity index is 1.29. The first-order chi connectivity index (χ1) is 16.4. The molecular formula is C25H20ClF2N3O3. The van der Waals surface area contributed by atoms with Crippen LogP contribution in [0.2, 0.25) is 5.02 Å². The van der Waals surface area contributed by atoms with Gasteiger partial charge in [-0.15, -0.1) is 0 Å². The fourth-order valence-electron chi connectivity index (χ4n) is 3.21. The first kappa shape index (κ1) is 23.4. The zero-order chi connectivity index (χ0) is 24.1. The lowest BCUT2D eigenvalue weighted by Crippen LogP contribution is -2.35. The second kappa shape index (κ2) is 10.5. The van der Waals surface area contributed by atoms with E-state index in [4.69, 9.17) is 16.4 Å². The van der Waals surface area contributed by atoms with Gasteiger partial charge >= 0.3 is 6.03 Å². The summed E-state index contributed by atoms with van der Waals surface area (Å²) in [6.07, 6.45) is 1.98. The molecule has 1 aliphatic rings. The van der Waals surface area contributed by atoms with Gasteiger partial charge in [-0.25, -0.2) is 13.6 Å². The molecule has 3 aromatic carbocycles. The molecule has 0 bridgehead atoms. The van der Waals surface area contributed by atoms with Crippen LogP contribution in [0.5, 0.6) is 0 Å². The Morgan fingerprint density at radius 2 is 1.59 bits per heavy atom. The van der Waals surface area contributed by atoms with Crippen LogP contribution in [0.1, 0.15) is 34.3 Å². The normalized spacial score (nSPS) is 12.1. The molecule has 174 valence electrons. The SMILES string of the molecule is O=C(NC(=O)c1c(F)cccc1F)Nc1ccc(CONC(=C2CC2)c2ccccc2Cl)cc1. The van der Waals surface area contributed by atoms with Gasteiger partial charge in [0.25, 0.3) is 5.91 Å². The first-order valence-corrected chi connectivity index (χ1v) is 10.8. The summed E-state index contributed by atoms with van der Waals surface area (Å²) < 4.78 is 27.4. The Kier molecular flexibility index (Phi) is 7.20. The van der Waals surface area contributed by atoms with Crippen LogP contribution in [0.3, 0.4) is 0 Å². The van der Waals surface area contributed by atoms with Gasteiger partial charge < -0.3 is 5.32 Å². The van der Waals surface area contributed by atoms with Crippen LogP contribution in [0.25, 0.3) is 5.70 Å². The molecule has 0 unspecified atom stereocenters. The van der Waals surface area contributed by atoms with Crippen molar-refractivity contribution in [1.29, 1.82) is 0 Å². The summed E-state index contributed by atoms with van der Waals surface area (Å²) in [5, 5.41) is 4.98. The van der Waals surface area contributed by atoms with Crippen LogP contribution >= 0.6 is 11.6 Å². The maximum atomic E-state index is 13.7. The quantitative estimate of drug-likeness (QED) is 0.371. The van der Waals surface area contributed by atoms with Gasteiger partial charge in [0.05, 0.1) is 12.3 Å². The molecule has 34 heavy (non-hydrogen) atoms. The molecule has 0 aliphatic heterocycles. The number of hydrogen-bond donors (Lipinski definition) is 3. The lowest BCUT2D eigenvalue weighted by molar-refractivity contribution is 0.0644. The molecule has 1 aliphatic carbocycles. The maximum absolute atomic E-state index is 13.7. The highest BCUT2D eigenvalue weighted by Crippen LogP contribution is 2.37. The number of carbonyl (C=O) groups is 2. The Morgan fingerprint density at radius 3 is 2.24 bits per heavy atom. The summed E-state index contributed by atoms with van der Waals surface area (Å²) in [5.41, 5.74) is 6.37. The minimum atomic E-state index is -1.18. The van der Waals surface area contributed by atoms with Crippen molar-refractivity contribution < 1.29 is 23.2 Å². The highest BCUT2D eigenvalue weighted by Gasteiger charge is 2.21. The van der Waals surface area contributed by atoms with Crippen LogP contribution in [0.4, 0.5) is 19.3 Å². The van der Waals surface area contributed by atoms with E-state index in [1.807, 2.05) is 29.6 Å². The molecule has 0 aromatic heterocycles. The van der Waals surface area contributed by atoms with Crippen LogP contribution < -0.4 is 16.1 Å². The number of benzene rings is 3. The fraction of sp³-hybridized carbons (Fsp3) is 0.120. The van der Waals surface area contributed by atoms with E-state index in [2.05, 4.69) is 10.8 Å². The minimum absolute atomic E-state index is 0.249. The van der Waals surface area contributed by atoms with E-state index >= 15 is 0 Å². The van der Waals surface area contributed by atoms with Crippen LogP contribution in [-0.2, 0) is 11.4 Å². The smallest absolute Gasteiger partial charge is 0.308 e. The highest BCUT2D eigenvalue weighted by atomic mass is 35.5. The largest absolute Gasteiger partial charge is 0.326 e. The molecule has 3 amide bonds. The molecule has 0 spiro atoms. The standard InChI is InChI=1S/C25H20ClF2N3O3/c26-19-5-2-1-4-18(19)23(16-10-11-16)31-34-14-15-8-12-17(13-9-15)29-25(33)30-24(32)22-20(27)6-3-7-21(22)28/h1-9,12-13,31H,10-11,14H2,(H2,29,30,32,33). The summed E-state index contributed by atoms with van der Waals surface area (Å²) in [6, 6.07) is 16.3. The zero-order valence-corrected chi connectivity index (χ0v) is 18.6. The van der Waals surface area contributed by atoms with E-state index in [0.717, 1.165) is 47.9 Å². The highest BCUT2D eigenvalue weighted by molar-refractivity contribution is 6.32. The van der Waals surface area contributed by atoms with E-state index in [0.29, 0.717) is 10.7 Å². The third-order valence-corrected chi connectivity index (χ3v) is 5.37. The Hall–Kier alpha value is -3.75. The van der Waals surface area contributed by atoms with Crippen LogP contribution in [0.15, 0.2) is 72.3 Å². The monoisotopic (exact) mass is 483 g/mol. The topological polar surface area (TPSA) is 79.5 Å². The van der Waals surface area contributed by atoms with Crippen molar-refractivity contribution in [2.45, 2.75) is 19.4 Å². The third-order valence-electron chi connectivity index (χ3n) is 5.04. The molecule has 9 heteroatoms. The number of nitrogens with one attached hydrogen (secondary N) is 3. The van der Waals surface area contributed by atoms with Gasteiger partial charge in [0.2, 0.25) is 0 Å². The van der Waals surface area contributed by atoms with E-state index in [1.165, 1.54) is 5.57 Å². The van der Waals surface area contributed by atoms with Gasteiger partial charge in [-0.1, -0.05) is 48.0 Å². The lowest BCUT2D eigenvalue weighted by Gasteiger charge is -2.13. The number of allylic oxidation sites excluding steroid dienone is 1.